The van der Waals surface area contributed by atoms with Crippen LogP contribution in [-0.2, 0) is 4.79 Å². The van der Waals surface area contributed by atoms with Crippen molar-refractivity contribution < 1.29 is 23.1 Å². The Morgan fingerprint density at radius 2 is 2.09 bits per heavy atom. The Kier molecular flexibility index (Phi) is 4.77. The van der Waals surface area contributed by atoms with Crippen LogP contribution in [0.15, 0.2) is 28.2 Å². The van der Waals surface area contributed by atoms with E-state index in [0.29, 0.717) is 5.84 Å². The van der Waals surface area contributed by atoms with E-state index in [9.17, 15) is 18.4 Å². The lowest BCUT2D eigenvalue weighted by molar-refractivity contribution is -0.446. The van der Waals surface area contributed by atoms with E-state index < -0.39 is 11.8 Å². The molecule has 1 aromatic heterocycles. The van der Waals surface area contributed by atoms with Gasteiger partial charge in [0.15, 0.2) is 11.5 Å². The van der Waals surface area contributed by atoms with Gasteiger partial charge in [0.25, 0.3) is 11.8 Å². The average molecular weight is 444 g/mol. The number of guanidine groups is 1. The Hall–Kier alpha value is -3.61. The van der Waals surface area contributed by atoms with Gasteiger partial charge in [0.1, 0.15) is 11.9 Å². The number of aromatic nitrogens is 2. The minimum absolute atomic E-state index is 0.0226. The molecule has 1 aromatic rings. The third kappa shape index (κ3) is 3.98. The highest BCUT2D eigenvalue weighted by Gasteiger charge is 2.47. The molecule has 3 N–H and O–H groups in total. The molecule has 166 valence electrons. The lowest BCUT2D eigenvalue weighted by Crippen LogP contribution is -2.61. The number of amides is 2. The van der Waals surface area contributed by atoms with Crippen LogP contribution in [0.2, 0.25) is 0 Å². The van der Waals surface area contributed by atoms with Crippen molar-refractivity contribution in [1.82, 2.24) is 25.8 Å². The molecule has 13 heteroatoms. The van der Waals surface area contributed by atoms with Crippen molar-refractivity contribution in [2.75, 3.05) is 25.5 Å². The number of hydrogen-bond acceptors (Lipinski definition) is 6. The number of anilines is 1. The van der Waals surface area contributed by atoms with E-state index in [1.165, 1.54) is 13.1 Å². The van der Waals surface area contributed by atoms with E-state index >= 15 is 0 Å². The predicted molar refractivity (Wildman–Crippen MR) is 110 cm³/mol. The lowest BCUT2D eigenvalue weighted by Gasteiger charge is -2.41. The van der Waals surface area contributed by atoms with Crippen LogP contribution in [0.25, 0.3) is 0 Å². The third-order valence-corrected chi connectivity index (χ3v) is 5.36. The highest BCUT2D eigenvalue weighted by molar-refractivity contribution is 6.05. The summed E-state index contributed by atoms with van der Waals surface area (Å²) >= 11 is 0. The van der Waals surface area contributed by atoms with Crippen LogP contribution in [0.1, 0.15) is 23.3 Å². The third-order valence-electron chi connectivity index (χ3n) is 5.36. The smallest absolute Gasteiger partial charge is 0.354 e. The fourth-order valence-electron chi connectivity index (χ4n) is 3.49. The summed E-state index contributed by atoms with van der Waals surface area (Å²) in [5.74, 6) is -2.44. The Balaban J connectivity index is 1.38. The number of hydrazine groups is 1. The first-order chi connectivity index (χ1) is 15.3. The Morgan fingerprint density at radius 3 is 2.78 bits per heavy atom. The molecule has 0 radical (unpaired) electrons. The van der Waals surface area contributed by atoms with E-state index in [-0.39, 0.29) is 54.1 Å². The van der Waals surface area contributed by atoms with Gasteiger partial charge in [0.2, 0.25) is 5.91 Å². The predicted octanol–water partition coefficient (Wildman–Crippen LogP) is 0.0615. The molecular weight excluding hydrogens is 424 g/mol. The van der Waals surface area contributed by atoms with E-state index in [1.54, 1.807) is 28.0 Å². The number of nitrogens with zero attached hydrogens (tertiary/aromatic N) is 6. The summed E-state index contributed by atoms with van der Waals surface area (Å²) in [5, 5.41) is 13.0. The van der Waals surface area contributed by atoms with Crippen LogP contribution < -0.4 is 16.1 Å². The summed E-state index contributed by atoms with van der Waals surface area (Å²) in [5.41, 5.74) is 3.09. The maximum absolute atomic E-state index is 13.2. The first-order valence-corrected chi connectivity index (χ1v) is 10.1. The average Bonchev–Trinajstić information content (AvgIpc) is 3.52. The molecule has 2 fully saturated rings. The van der Waals surface area contributed by atoms with Gasteiger partial charge in [-0.15, -0.1) is 14.9 Å². The van der Waals surface area contributed by atoms with Crippen molar-refractivity contribution >= 4 is 41.3 Å². The molecule has 1 atom stereocenters. The summed E-state index contributed by atoms with van der Waals surface area (Å²) in [6.07, 6.45) is 6.89. The Labute approximate surface area is 181 Å². The van der Waals surface area contributed by atoms with Gasteiger partial charge in [-0.25, -0.2) is 8.78 Å². The molecule has 1 saturated heterocycles. The summed E-state index contributed by atoms with van der Waals surface area (Å²) in [6, 6.07) is 1.16. The number of rotatable bonds is 5. The van der Waals surface area contributed by atoms with Gasteiger partial charge in [-0.3, -0.25) is 14.5 Å². The molecule has 0 spiro atoms. The molecule has 0 aromatic carbocycles. The molecule has 1 unspecified atom stereocenters. The van der Waals surface area contributed by atoms with Gasteiger partial charge in [-0.1, -0.05) is 6.08 Å². The maximum atomic E-state index is 13.2. The number of nitrogens with one attached hydrogen (secondary N) is 3. The van der Waals surface area contributed by atoms with Gasteiger partial charge < -0.3 is 10.6 Å². The first-order valence-electron chi connectivity index (χ1n) is 10.1. The number of carbonyl (C=O) groups excluding carboxylic acids is 2. The number of halogens is 2. The highest BCUT2D eigenvalue weighted by atomic mass is 19.3. The van der Waals surface area contributed by atoms with Crippen molar-refractivity contribution in [2.45, 2.75) is 24.8 Å². The molecule has 2 amide bonds. The van der Waals surface area contributed by atoms with Crippen LogP contribution >= 0.6 is 0 Å². The number of alkyl halides is 2. The van der Waals surface area contributed by atoms with Gasteiger partial charge in [-0.2, -0.15) is 10.4 Å². The minimum Gasteiger partial charge on any atom is -0.354 e. The lowest BCUT2D eigenvalue weighted by atomic mass is 10.1. The summed E-state index contributed by atoms with van der Waals surface area (Å²) in [6.45, 7) is -0.597. The van der Waals surface area contributed by atoms with Crippen LogP contribution in [0, 0.1) is 5.92 Å². The van der Waals surface area contributed by atoms with Gasteiger partial charge in [0, 0.05) is 30.1 Å². The van der Waals surface area contributed by atoms with E-state index in [0.717, 1.165) is 12.8 Å². The Bertz CT molecular complexity index is 1120. The fraction of sp³-hybridized carbons (Fsp3) is 0.421. The number of likely N-dealkylation sites (tertiary alicyclic amines) is 1. The highest BCUT2D eigenvalue weighted by Crippen LogP contribution is 2.31. The topological polar surface area (TPSA) is 127 Å². The number of aliphatic imine (C=N–C) groups is 2. The monoisotopic (exact) mass is 444 g/mol. The van der Waals surface area contributed by atoms with Crippen molar-refractivity contribution in [3.63, 3.8) is 0 Å². The zero-order chi connectivity index (χ0) is 22.5. The zero-order valence-electron chi connectivity index (χ0n) is 17.0. The van der Waals surface area contributed by atoms with Crippen LogP contribution in [0.5, 0.6) is 0 Å². The SMILES string of the molecule is CNC(=O)c1nnc(NC(=O)C2CC2)cc1N=C1N=C2C=CC(N3CC(F)(F)C3)C=[N+]2N1. The fourth-order valence-corrected chi connectivity index (χ4v) is 3.49. The second-order valence-corrected chi connectivity index (χ2v) is 7.95. The second-order valence-electron chi connectivity index (χ2n) is 7.95. The first kappa shape index (κ1) is 20.3. The summed E-state index contributed by atoms with van der Waals surface area (Å²) < 4.78 is 28.0. The molecule has 11 nitrogen and oxygen atoms in total. The largest absolute Gasteiger partial charge is 0.375 e. The number of fused-ring (bicyclic) bond motifs is 1. The second kappa shape index (κ2) is 7.51. The van der Waals surface area contributed by atoms with E-state index in [2.05, 4.69) is 36.2 Å². The summed E-state index contributed by atoms with van der Waals surface area (Å²) in [7, 11) is 1.46. The molecule has 5 rings (SSSR count). The standard InChI is InChI=1S/C19H19F2N9O2/c1-22-17(32)15-12(6-13(26-27-15)24-16(31)10-2-3-10)23-18-25-14-5-4-11(7-30(14)28-18)29-8-19(20,21)9-29/h4-7,10-11H,2-3,8-9H2,1H3,(H2-,22,23,24,26,28,31,32)/p+1. The maximum Gasteiger partial charge on any atom is 0.375 e. The number of hydrazone groups is 1. The van der Waals surface area contributed by atoms with Crippen LogP contribution in [0.4, 0.5) is 20.3 Å². The van der Waals surface area contributed by atoms with Crippen molar-refractivity contribution in [3.8, 4) is 0 Å². The molecule has 1 aliphatic carbocycles. The van der Waals surface area contributed by atoms with Crippen molar-refractivity contribution in [2.24, 2.45) is 15.9 Å². The number of carbonyl (C=O) groups is 2. The Morgan fingerprint density at radius 1 is 1.31 bits per heavy atom. The van der Waals surface area contributed by atoms with Gasteiger partial charge >= 0.3 is 11.8 Å². The number of amidine groups is 1. The normalized spacial score (nSPS) is 24.7. The van der Waals surface area contributed by atoms with E-state index in [1.807, 2.05) is 0 Å². The molecular formula is C19H20F2N9O2+. The van der Waals surface area contributed by atoms with E-state index in [4.69, 9.17) is 0 Å². The molecule has 32 heavy (non-hydrogen) atoms. The molecule has 4 aliphatic rings. The summed E-state index contributed by atoms with van der Waals surface area (Å²) in [4.78, 5) is 34.6. The minimum atomic E-state index is -2.65. The van der Waals surface area contributed by atoms with Gasteiger partial charge in [0.05, 0.1) is 19.1 Å². The van der Waals surface area contributed by atoms with Crippen molar-refractivity contribution in [3.05, 3.63) is 23.9 Å². The van der Waals surface area contributed by atoms with Gasteiger partial charge in [-0.05, 0) is 12.8 Å². The molecule has 1 saturated carbocycles. The molecule has 4 heterocycles. The van der Waals surface area contributed by atoms with Crippen LogP contribution in [0.3, 0.4) is 0 Å². The van der Waals surface area contributed by atoms with Crippen molar-refractivity contribution in [1.29, 1.82) is 0 Å². The molecule has 0 bridgehead atoms. The quantitative estimate of drug-likeness (QED) is 0.552. The molecule has 3 aliphatic heterocycles. The zero-order valence-corrected chi connectivity index (χ0v) is 17.0. The number of hydrogen-bond donors (Lipinski definition) is 3. The van der Waals surface area contributed by atoms with Crippen LogP contribution in [-0.4, -0.2) is 81.7 Å².